The molecule has 0 saturated heterocycles. The number of thiophene rings is 1. The maximum Gasteiger partial charge on any atom is 0.303 e. The summed E-state index contributed by atoms with van der Waals surface area (Å²) in [6, 6.07) is 68.8. The van der Waals surface area contributed by atoms with Crippen LogP contribution in [0, 0.1) is 34.6 Å². The molecule has 2 aromatic heterocycles. The maximum atomic E-state index is 7.31. The van der Waals surface area contributed by atoms with Gasteiger partial charge in [0, 0.05) is 71.5 Å². The van der Waals surface area contributed by atoms with Crippen molar-refractivity contribution in [2.75, 3.05) is 14.7 Å². The zero-order valence-corrected chi connectivity index (χ0v) is 39.4. The number of fused-ring (bicyclic) bond motifs is 10. The van der Waals surface area contributed by atoms with E-state index in [4.69, 9.17) is 9.15 Å². The van der Waals surface area contributed by atoms with Gasteiger partial charge in [-0.25, -0.2) is 0 Å². The van der Waals surface area contributed by atoms with Crippen molar-refractivity contribution in [1.82, 2.24) is 0 Å². The third-order valence-electron chi connectivity index (χ3n) is 13.8. The summed E-state index contributed by atoms with van der Waals surface area (Å²) < 4.78 is 16.9. The Hall–Kier alpha value is -8.00. The summed E-state index contributed by atoms with van der Waals surface area (Å²) in [6.45, 7) is 10.5. The summed E-state index contributed by atoms with van der Waals surface area (Å²) in [7, 11) is 0. The van der Waals surface area contributed by atoms with Crippen LogP contribution >= 0.6 is 11.3 Å². The van der Waals surface area contributed by atoms with Crippen LogP contribution in [0.25, 0.3) is 31.1 Å². The Labute approximate surface area is 400 Å². The molecule has 0 radical (unpaired) electrons. The Morgan fingerprint density at radius 1 is 0.471 bits per heavy atom. The number of hydrogen-bond acceptors (Lipinski definition) is 6. The summed E-state index contributed by atoms with van der Waals surface area (Å²) in [4.78, 5) is 7.30. The zero-order chi connectivity index (χ0) is 45.8. The van der Waals surface area contributed by atoms with Crippen LogP contribution in [-0.4, -0.2) is 6.71 Å². The largest absolute Gasteiger partial charge is 0.466 e. The average molecular weight is 896 g/mol. The normalized spacial score (nSPS) is 12.5. The second kappa shape index (κ2) is 15.5. The number of benzene rings is 9. The minimum absolute atomic E-state index is 0.286. The highest BCUT2D eigenvalue weighted by atomic mass is 32.1. The van der Waals surface area contributed by atoms with Crippen molar-refractivity contribution in [2.24, 2.45) is 0 Å². The molecule has 0 saturated carbocycles. The van der Waals surface area contributed by atoms with Crippen LogP contribution in [0.3, 0.4) is 0 Å². The molecule has 68 heavy (non-hydrogen) atoms. The highest BCUT2D eigenvalue weighted by Crippen LogP contribution is 2.52. The maximum absolute atomic E-state index is 7.31. The number of para-hydroxylation sites is 1. The smallest absolute Gasteiger partial charge is 0.303 e. The van der Waals surface area contributed by atoms with Crippen LogP contribution in [0.2, 0.25) is 0 Å². The quantitative estimate of drug-likeness (QED) is 0.149. The molecule has 326 valence electrons. The van der Waals surface area contributed by atoms with Crippen molar-refractivity contribution < 1.29 is 9.15 Å². The number of aryl methyl sites for hydroxylation is 5. The highest BCUT2D eigenvalue weighted by Gasteiger charge is 2.47. The van der Waals surface area contributed by atoms with Gasteiger partial charge in [-0.2, -0.15) is 0 Å². The number of nitrogens with zero attached hydrogens (tertiary/aromatic N) is 3. The summed E-state index contributed by atoms with van der Waals surface area (Å²) in [6.07, 6.45) is 0. The van der Waals surface area contributed by atoms with E-state index in [1.165, 1.54) is 53.5 Å². The fraction of sp³-hybridized carbons (Fsp3) is 0.0820. The van der Waals surface area contributed by atoms with Crippen molar-refractivity contribution in [1.29, 1.82) is 0 Å². The van der Waals surface area contributed by atoms with Crippen LogP contribution in [0.1, 0.15) is 27.8 Å². The third kappa shape index (κ3) is 6.37. The van der Waals surface area contributed by atoms with Gasteiger partial charge in [0.25, 0.3) is 0 Å². The van der Waals surface area contributed by atoms with E-state index < -0.39 is 0 Å². The van der Waals surface area contributed by atoms with E-state index in [-0.39, 0.29) is 6.71 Å². The lowest BCUT2D eigenvalue weighted by atomic mass is 9.36. The standard InChI is InChI=1S/C61H46BN3O2S/c1-37-14-24-42(25-15-37)63(43-26-16-38(2)17-27-43)47-34-51-57-54(35-47)66-59-48-10-6-8-12-53(48)67-61(59)62(57)58-52(65(51)46-32-22-41(5)23-33-46)36-50(56-49-11-7-9-13-55(49)68-60(56)58)64(44-28-18-39(3)19-29-44)45-30-20-40(4)21-31-45/h6-36H,1-5H3. The first-order valence-corrected chi connectivity index (χ1v) is 24.2. The number of rotatable bonds is 7. The lowest BCUT2D eigenvalue weighted by molar-refractivity contribution is 0.482. The molecule has 2 aliphatic heterocycles. The van der Waals surface area contributed by atoms with Gasteiger partial charge in [0.1, 0.15) is 17.0 Å². The monoisotopic (exact) mass is 895 g/mol. The van der Waals surface area contributed by atoms with Gasteiger partial charge in [0.2, 0.25) is 0 Å². The van der Waals surface area contributed by atoms with Crippen molar-refractivity contribution in [3.05, 3.63) is 216 Å². The average Bonchev–Trinajstić information content (AvgIpc) is 3.93. The highest BCUT2D eigenvalue weighted by molar-refractivity contribution is 7.28. The second-order valence-corrected chi connectivity index (χ2v) is 19.6. The second-order valence-electron chi connectivity index (χ2n) is 18.5. The summed E-state index contributed by atoms with van der Waals surface area (Å²) >= 11 is 1.87. The molecule has 9 aromatic carbocycles. The first-order valence-electron chi connectivity index (χ1n) is 23.3. The molecular formula is C61H46BN3O2S. The van der Waals surface area contributed by atoms with Gasteiger partial charge in [-0.05, 0) is 131 Å². The first-order chi connectivity index (χ1) is 33.3. The lowest BCUT2D eigenvalue weighted by Crippen LogP contribution is -2.59. The Morgan fingerprint density at radius 2 is 0.971 bits per heavy atom. The Balaban J connectivity index is 1.18. The summed E-state index contributed by atoms with van der Waals surface area (Å²) in [5.41, 5.74) is 19.6. The number of anilines is 9. The fourth-order valence-electron chi connectivity index (χ4n) is 10.4. The molecule has 5 nitrogen and oxygen atoms in total. The van der Waals surface area contributed by atoms with Crippen LogP contribution in [0.4, 0.5) is 51.2 Å². The minimum atomic E-state index is -0.286. The molecule has 0 aliphatic carbocycles. The summed E-state index contributed by atoms with van der Waals surface area (Å²) in [5, 5.41) is 3.40. The van der Waals surface area contributed by atoms with Crippen molar-refractivity contribution in [3.63, 3.8) is 0 Å². The number of furan rings is 1. The predicted octanol–water partition coefficient (Wildman–Crippen LogP) is 15.7. The van der Waals surface area contributed by atoms with E-state index in [1.54, 1.807) is 0 Å². The molecule has 0 amide bonds. The van der Waals surface area contributed by atoms with Crippen LogP contribution in [0.5, 0.6) is 11.5 Å². The molecular weight excluding hydrogens is 850 g/mol. The van der Waals surface area contributed by atoms with Crippen molar-refractivity contribution in [3.8, 4) is 11.5 Å². The minimum Gasteiger partial charge on any atom is -0.466 e. The van der Waals surface area contributed by atoms with E-state index in [0.717, 1.165) is 84.8 Å². The van der Waals surface area contributed by atoms with E-state index >= 15 is 0 Å². The molecule has 0 N–H and O–H groups in total. The third-order valence-corrected chi connectivity index (χ3v) is 15.0. The number of hydrogen-bond donors (Lipinski definition) is 0. The summed E-state index contributed by atoms with van der Waals surface area (Å²) in [5.74, 6) is 1.58. The van der Waals surface area contributed by atoms with Gasteiger partial charge in [0.15, 0.2) is 5.75 Å². The topological polar surface area (TPSA) is 32.1 Å². The van der Waals surface area contributed by atoms with Crippen LogP contribution in [-0.2, 0) is 0 Å². The molecule has 13 rings (SSSR count). The molecule has 11 aromatic rings. The molecule has 0 spiro atoms. The lowest BCUT2D eigenvalue weighted by Gasteiger charge is -2.41. The van der Waals surface area contributed by atoms with Crippen LogP contribution in [0.15, 0.2) is 192 Å². The van der Waals surface area contributed by atoms with E-state index in [2.05, 4.69) is 231 Å². The Bertz CT molecular complexity index is 3670. The zero-order valence-electron chi connectivity index (χ0n) is 38.5. The van der Waals surface area contributed by atoms with Crippen molar-refractivity contribution in [2.45, 2.75) is 34.6 Å². The molecule has 0 atom stereocenters. The molecule has 2 aliphatic rings. The van der Waals surface area contributed by atoms with Gasteiger partial charge < -0.3 is 23.9 Å². The van der Waals surface area contributed by atoms with Gasteiger partial charge in [-0.15, -0.1) is 11.3 Å². The van der Waals surface area contributed by atoms with Gasteiger partial charge >= 0.3 is 6.71 Å². The Morgan fingerprint density at radius 3 is 1.56 bits per heavy atom. The predicted molar refractivity (Wildman–Crippen MR) is 288 cm³/mol. The van der Waals surface area contributed by atoms with Gasteiger partial charge in [-0.3, -0.25) is 0 Å². The fourth-order valence-corrected chi connectivity index (χ4v) is 11.7. The van der Waals surface area contributed by atoms with Crippen LogP contribution < -0.4 is 36.0 Å². The Kier molecular flexibility index (Phi) is 9.21. The molecule has 7 heteroatoms. The van der Waals surface area contributed by atoms with Gasteiger partial charge in [0.05, 0.1) is 16.8 Å². The van der Waals surface area contributed by atoms with E-state index in [9.17, 15) is 0 Å². The van der Waals surface area contributed by atoms with Gasteiger partial charge in [-0.1, -0.05) is 119 Å². The molecule has 0 fully saturated rings. The molecule has 4 heterocycles. The SMILES string of the molecule is Cc1ccc(N(c2ccc(C)cc2)c2cc3c4c(c2)N(c2ccc(C)cc2)c2cc(N(c5ccc(C)cc5)c5ccc(C)cc5)c5c(sc6ccccc65)c2B4c2oc4ccccc4c2O3)cc1. The van der Waals surface area contributed by atoms with Crippen molar-refractivity contribution >= 4 is 117 Å². The first kappa shape index (κ1) is 40.3. The molecule has 0 bridgehead atoms. The van der Waals surface area contributed by atoms with E-state index in [0.29, 0.717) is 0 Å². The number of ether oxygens (including phenoxy) is 1. The van der Waals surface area contributed by atoms with E-state index in [1.807, 2.05) is 17.4 Å². The molecule has 0 unspecified atom stereocenters.